The molecule has 3 aromatic carbocycles. The van der Waals surface area contributed by atoms with Crippen molar-refractivity contribution in [2.24, 2.45) is 0 Å². The Labute approximate surface area is 165 Å². The van der Waals surface area contributed by atoms with Gasteiger partial charge >= 0.3 is 0 Å². The molecule has 138 valence electrons. The molecule has 1 atom stereocenters. The highest BCUT2D eigenvalue weighted by Gasteiger charge is 2.27. The zero-order chi connectivity index (χ0) is 18.9. The van der Waals surface area contributed by atoms with Gasteiger partial charge in [0.15, 0.2) is 0 Å². The number of carbonyl (C=O) groups is 1. The van der Waals surface area contributed by atoms with Crippen molar-refractivity contribution < 1.29 is 4.79 Å². The van der Waals surface area contributed by atoms with Gasteiger partial charge in [-0.05, 0) is 46.4 Å². The highest BCUT2D eigenvalue weighted by Crippen LogP contribution is 2.32. The lowest BCUT2D eigenvalue weighted by atomic mass is 10.1. The van der Waals surface area contributed by atoms with Crippen molar-refractivity contribution in [2.75, 3.05) is 5.32 Å². The SMILES string of the molecule is O=C1Nc2ccccc2CC[C@H]1Sc1nnnn1-c1cccc2ccccc12. The fourth-order valence-corrected chi connectivity index (χ4v) is 4.50. The van der Waals surface area contributed by atoms with Gasteiger partial charge in [-0.2, -0.15) is 4.68 Å². The second-order valence-electron chi connectivity index (χ2n) is 6.66. The first-order chi connectivity index (χ1) is 13.8. The maximum absolute atomic E-state index is 12.8. The molecule has 0 saturated carbocycles. The first kappa shape index (κ1) is 16.9. The molecule has 6 nitrogen and oxygen atoms in total. The summed E-state index contributed by atoms with van der Waals surface area (Å²) < 4.78 is 1.72. The minimum absolute atomic E-state index is 0.0116. The van der Waals surface area contributed by atoms with E-state index in [0.717, 1.165) is 40.6 Å². The molecule has 5 rings (SSSR count). The molecule has 28 heavy (non-hydrogen) atoms. The summed E-state index contributed by atoms with van der Waals surface area (Å²) in [4.78, 5) is 12.8. The molecule has 1 N–H and O–H groups in total. The number of aromatic nitrogens is 4. The van der Waals surface area contributed by atoms with Crippen LogP contribution in [0.25, 0.3) is 16.5 Å². The third-order valence-electron chi connectivity index (χ3n) is 4.93. The van der Waals surface area contributed by atoms with Crippen molar-refractivity contribution in [3.05, 3.63) is 72.3 Å². The number of nitrogens with zero attached hydrogens (tertiary/aromatic N) is 4. The number of aryl methyl sites for hydroxylation is 1. The van der Waals surface area contributed by atoms with E-state index in [0.29, 0.717) is 5.16 Å². The fraction of sp³-hybridized carbons (Fsp3) is 0.143. The third-order valence-corrected chi connectivity index (χ3v) is 6.13. The number of para-hydroxylation sites is 1. The molecule has 1 aliphatic heterocycles. The Kier molecular flexibility index (Phi) is 4.29. The minimum atomic E-state index is -0.257. The average Bonchev–Trinajstić information content (AvgIpc) is 3.12. The van der Waals surface area contributed by atoms with E-state index in [1.54, 1.807) is 4.68 Å². The van der Waals surface area contributed by atoms with Crippen molar-refractivity contribution in [3.8, 4) is 5.69 Å². The van der Waals surface area contributed by atoms with Gasteiger partial charge in [-0.3, -0.25) is 4.79 Å². The normalized spacial score (nSPS) is 16.4. The first-order valence-corrected chi connectivity index (χ1v) is 9.99. The van der Waals surface area contributed by atoms with Gasteiger partial charge in [0.25, 0.3) is 0 Å². The van der Waals surface area contributed by atoms with Crippen LogP contribution in [-0.4, -0.2) is 31.4 Å². The predicted molar refractivity (Wildman–Crippen MR) is 110 cm³/mol. The summed E-state index contributed by atoms with van der Waals surface area (Å²) in [5.41, 5.74) is 2.96. The second-order valence-corrected chi connectivity index (χ2v) is 7.83. The van der Waals surface area contributed by atoms with Gasteiger partial charge < -0.3 is 5.32 Å². The molecule has 0 unspecified atom stereocenters. The molecule has 2 heterocycles. The molecule has 0 fully saturated rings. The summed E-state index contributed by atoms with van der Waals surface area (Å²) in [7, 11) is 0. The van der Waals surface area contributed by atoms with E-state index < -0.39 is 0 Å². The molecule has 0 bridgehead atoms. The number of hydrogen-bond donors (Lipinski definition) is 1. The summed E-state index contributed by atoms with van der Waals surface area (Å²) in [6.45, 7) is 0. The first-order valence-electron chi connectivity index (χ1n) is 9.11. The largest absolute Gasteiger partial charge is 0.325 e. The Morgan fingerprint density at radius 1 is 1.00 bits per heavy atom. The molecular weight excluding hydrogens is 370 g/mol. The van der Waals surface area contributed by atoms with Crippen LogP contribution >= 0.6 is 11.8 Å². The molecule has 4 aromatic rings. The summed E-state index contributed by atoms with van der Waals surface area (Å²) in [5.74, 6) is -0.0116. The molecule has 7 heteroatoms. The number of carbonyl (C=O) groups excluding carboxylic acids is 1. The van der Waals surface area contributed by atoms with Crippen LogP contribution in [0.4, 0.5) is 5.69 Å². The van der Waals surface area contributed by atoms with Gasteiger partial charge in [-0.15, -0.1) is 5.10 Å². The number of hydrogen-bond acceptors (Lipinski definition) is 5. The van der Waals surface area contributed by atoms with Crippen LogP contribution in [0, 0.1) is 0 Å². The number of rotatable bonds is 3. The van der Waals surface area contributed by atoms with E-state index >= 15 is 0 Å². The fourth-order valence-electron chi connectivity index (χ4n) is 3.53. The van der Waals surface area contributed by atoms with E-state index in [4.69, 9.17) is 0 Å². The maximum Gasteiger partial charge on any atom is 0.237 e. The lowest BCUT2D eigenvalue weighted by molar-refractivity contribution is -0.115. The zero-order valence-corrected chi connectivity index (χ0v) is 15.8. The number of amides is 1. The number of fused-ring (bicyclic) bond motifs is 2. The zero-order valence-electron chi connectivity index (χ0n) is 14.9. The van der Waals surface area contributed by atoms with Crippen LogP contribution in [0.15, 0.2) is 71.9 Å². The van der Waals surface area contributed by atoms with Crippen molar-refractivity contribution in [2.45, 2.75) is 23.2 Å². The van der Waals surface area contributed by atoms with E-state index in [1.807, 2.05) is 42.5 Å². The van der Waals surface area contributed by atoms with Crippen molar-refractivity contribution in [1.82, 2.24) is 20.2 Å². The van der Waals surface area contributed by atoms with Crippen molar-refractivity contribution in [1.29, 1.82) is 0 Å². The van der Waals surface area contributed by atoms with Crippen LogP contribution < -0.4 is 5.32 Å². The molecular formula is C21H17N5OS. The molecule has 0 aliphatic carbocycles. The van der Waals surface area contributed by atoms with E-state index in [1.165, 1.54) is 11.8 Å². The van der Waals surface area contributed by atoms with Crippen molar-refractivity contribution >= 4 is 34.1 Å². The highest BCUT2D eigenvalue weighted by atomic mass is 32.2. The Morgan fingerprint density at radius 3 is 2.79 bits per heavy atom. The molecule has 1 aliphatic rings. The molecule has 1 amide bonds. The van der Waals surface area contributed by atoms with Crippen molar-refractivity contribution in [3.63, 3.8) is 0 Å². The summed E-state index contributed by atoms with van der Waals surface area (Å²) in [5, 5.41) is 17.8. The Hall–Kier alpha value is -3.19. The lowest BCUT2D eigenvalue weighted by Gasteiger charge is -2.13. The van der Waals surface area contributed by atoms with Gasteiger partial charge in [-0.1, -0.05) is 66.4 Å². The van der Waals surface area contributed by atoms with E-state index in [9.17, 15) is 4.79 Å². The summed E-state index contributed by atoms with van der Waals surface area (Å²) >= 11 is 1.41. The average molecular weight is 387 g/mol. The smallest absolute Gasteiger partial charge is 0.237 e. The van der Waals surface area contributed by atoms with E-state index in [2.05, 4.69) is 45.1 Å². The van der Waals surface area contributed by atoms with Gasteiger partial charge in [0, 0.05) is 11.1 Å². The number of thioether (sulfide) groups is 1. The number of benzene rings is 3. The summed E-state index contributed by atoms with van der Waals surface area (Å²) in [6, 6.07) is 22.1. The lowest BCUT2D eigenvalue weighted by Crippen LogP contribution is -2.24. The third kappa shape index (κ3) is 3.03. The maximum atomic E-state index is 12.8. The topological polar surface area (TPSA) is 72.7 Å². The Bertz CT molecular complexity index is 1170. The van der Waals surface area contributed by atoms with Gasteiger partial charge in [-0.25, -0.2) is 0 Å². The van der Waals surface area contributed by atoms with Gasteiger partial charge in [0.05, 0.1) is 10.9 Å². The monoisotopic (exact) mass is 387 g/mol. The molecule has 0 saturated heterocycles. The van der Waals surface area contributed by atoms with Gasteiger partial charge in [0.2, 0.25) is 11.1 Å². The van der Waals surface area contributed by atoms with Crippen LogP contribution in [0.1, 0.15) is 12.0 Å². The van der Waals surface area contributed by atoms with Crippen LogP contribution in [0.5, 0.6) is 0 Å². The molecule has 0 radical (unpaired) electrons. The van der Waals surface area contributed by atoms with Crippen LogP contribution in [0.3, 0.4) is 0 Å². The second kappa shape index (κ2) is 7.09. The standard InChI is InChI=1S/C21H17N5OS/c27-20-19(13-12-15-7-2-4-10-17(15)22-20)28-21-23-24-25-26(21)18-11-5-8-14-6-1-3-9-16(14)18/h1-11,19H,12-13H2,(H,22,27)/t19-/m1/s1. The molecule has 0 spiro atoms. The van der Waals surface area contributed by atoms with Crippen LogP contribution in [-0.2, 0) is 11.2 Å². The number of anilines is 1. The quantitative estimate of drug-likeness (QED) is 0.578. The van der Waals surface area contributed by atoms with E-state index in [-0.39, 0.29) is 11.2 Å². The predicted octanol–water partition coefficient (Wildman–Crippen LogP) is 3.86. The molecule has 1 aromatic heterocycles. The summed E-state index contributed by atoms with van der Waals surface area (Å²) in [6.07, 6.45) is 1.57. The highest BCUT2D eigenvalue weighted by molar-refractivity contribution is 8.00. The number of tetrazole rings is 1. The minimum Gasteiger partial charge on any atom is -0.325 e. The number of nitrogens with one attached hydrogen (secondary N) is 1. The van der Waals surface area contributed by atoms with Gasteiger partial charge in [0.1, 0.15) is 0 Å². The van der Waals surface area contributed by atoms with Crippen LogP contribution in [0.2, 0.25) is 0 Å². The Balaban J connectivity index is 1.47. The Morgan fingerprint density at radius 2 is 1.82 bits per heavy atom.